The molecule has 5 heteroatoms. The van der Waals surface area contributed by atoms with Crippen molar-refractivity contribution < 1.29 is 0 Å². The predicted molar refractivity (Wildman–Crippen MR) is 57.2 cm³/mol. The van der Waals surface area contributed by atoms with Crippen LogP contribution in [0.1, 0.15) is 5.56 Å². The average Bonchev–Trinajstić information content (AvgIpc) is 2.26. The van der Waals surface area contributed by atoms with E-state index >= 15 is 0 Å². The number of pyridine rings is 1. The first-order valence-corrected chi connectivity index (χ1v) is 4.45. The first-order valence-electron chi connectivity index (χ1n) is 4.45. The number of aromatic nitrogens is 3. The Labute approximate surface area is 86.0 Å². The molecule has 0 amide bonds. The Hall–Kier alpha value is -2.17. The fourth-order valence-electron chi connectivity index (χ4n) is 1.20. The van der Waals surface area contributed by atoms with Crippen LogP contribution in [0.2, 0.25) is 0 Å². The predicted octanol–water partition coefficient (Wildman–Crippen LogP) is 0.723. The van der Waals surface area contributed by atoms with E-state index in [-0.39, 0.29) is 11.4 Å². The summed E-state index contributed by atoms with van der Waals surface area (Å²) in [5, 5.41) is 0. The lowest BCUT2D eigenvalue weighted by Gasteiger charge is -2.03. The topological polar surface area (TPSA) is 84.7 Å². The molecule has 0 unspecified atom stereocenters. The fraction of sp³-hybridized carbons (Fsp3) is 0.100. The lowest BCUT2D eigenvalue weighted by molar-refractivity contribution is 1.09. The largest absolute Gasteiger partial charge is 0.383 e. The van der Waals surface area contributed by atoms with Gasteiger partial charge in [-0.1, -0.05) is 0 Å². The molecule has 3 N–H and O–H groups in total. The summed E-state index contributed by atoms with van der Waals surface area (Å²) in [4.78, 5) is 22.1. The average molecular weight is 202 g/mol. The fourth-order valence-corrected chi connectivity index (χ4v) is 1.20. The van der Waals surface area contributed by atoms with Gasteiger partial charge in [0.1, 0.15) is 11.6 Å². The Morgan fingerprint density at radius 1 is 1.33 bits per heavy atom. The highest BCUT2D eigenvalue weighted by Gasteiger charge is 2.05. The van der Waals surface area contributed by atoms with Crippen molar-refractivity contribution in [3.05, 3.63) is 40.4 Å². The van der Waals surface area contributed by atoms with E-state index in [0.717, 1.165) is 5.56 Å². The van der Waals surface area contributed by atoms with Gasteiger partial charge in [-0.05, 0) is 19.1 Å². The Bertz CT molecular complexity index is 533. The normalized spacial score (nSPS) is 10.2. The summed E-state index contributed by atoms with van der Waals surface area (Å²) >= 11 is 0. The maximum atomic E-state index is 11.4. The quantitative estimate of drug-likeness (QED) is 0.713. The second-order valence-electron chi connectivity index (χ2n) is 3.16. The van der Waals surface area contributed by atoms with E-state index in [1.165, 1.54) is 0 Å². The molecule has 0 saturated carbocycles. The number of hydrogen-bond acceptors (Lipinski definition) is 4. The Morgan fingerprint density at radius 3 is 2.60 bits per heavy atom. The summed E-state index contributed by atoms with van der Waals surface area (Å²) in [7, 11) is 0. The van der Waals surface area contributed by atoms with E-state index in [0.29, 0.717) is 11.4 Å². The van der Waals surface area contributed by atoms with Gasteiger partial charge >= 0.3 is 0 Å². The zero-order valence-corrected chi connectivity index (χ0v) is 8.19. The molecule has 0 aliphatic rings. The molecule has 0 fully saturated rings. The van der Waals surface area contributed by atoms with Gasteiger partial charge in [-0.2, -0.15) is 0 Å². The maximum Gasteiger partial charge on any atom is 0.256 e. The summed E-state index contributed by atoms with van der Waals surface area (Å²) in [6.45, 7) is 1.64. The lowest BCUT2D eigenvalue weighted by atomic mass is 10.2. The molecule has 2 heterocycles. The van der Waals surface area contributed by atoms with Crippen molar-refractivity contribution in [2.24, 2.45) is 0 Å². The number of anilines is 1. The maximum absolute atomic E-state index is 11.4. The molecule has 15 heavy (non-hydrogen) atoms. The van der Waals surface area contributed by atoms with Crippen LogP contribution in [0.5, 0.6) is 0 Å². The Balaban J connectivity index is 2.61. The Morgan fingerprint density at radius 2 is 2.00 bits per heavy atom. The monoisotopic (exact) mass is 202 g/mol. The van der Waals surface area contributed by atoms with Crippen LogP contribution in [-0.2, 0) is 0 Å². The molecule has 5 nitrogen and oxygen atoms in total. The van der Waals surface area contributed by atoms with Crippen LogP contribution in [-0.4, -0.2) is 15.0 Å². The molecule has 2 aromatic heterocycles. The van der Waals surface area contributed by atoms with E-state index in [1.807, 2.05) is 0 Å². The van der Waals surface area contributed by atoms with Crippen molar-refractivity contribution in [1.29, 1.82) is 0 Å². The number of rotatable bonds is 1. The molecule has 2 rings (SSSR count). The number of nitrogens with two attached hydrogens (primary N) is 1. The van der Waals surface area contributed by atoms with Crippen molar-refractivity contribution in [3.8, 4) is 11.4 Å². The second kappa shape index (κ2) is 3.53. The molecular formula is C10H10N4O. The van der Waals surface area contributed by atoms with Crippen LogP contribution >= 0.6 is 0 Å². The van der Waals surface area contributed by atoms with Gasteiger partial charge in [-0.25, -0.2) is 4.98 Å². The van der Waals surface area contributed by atoms with Gasteiger partial charge in [0.25, 0.3) is 5.56 Å². The number of nitrogens with zero attached hydrogens (tertiary/aromatic N) is 2. The molecule has 2 aromatic rings. The summed E-state index contributed by atoms with van der Waals surface area (Å²) < 4.78 is 0. The highest BCUT2D eigenvalue weighted by molar-refractivity contribution is 5.56. The highest BCUT2D eigenvalue weighted by Crippen LogP contribution is 2.13. The molecule has 0 aliphatic carbocycles. The van der Waals surface area contributed by atoms with Crippen LogP contribution in [0.25, 0.3) is 11.4 Å². The van der Waals surface area contributed by atoms with E-state index in [2.05, 4.69) is 15.0 Å². The third-order valence-electron chi connectivity index (χ3n) is 2.14. The van der Waals surface area contributed by atoms with E-state index < -0.39 is 0 Å². The Kier molecular flexibility index (Phi) is 2.21. The van der Waals surface area contributed by atoms with Gasteiger partial charge in [-0.15, -0.1) is 0 Å². The second-order valence-corrected chi connectivity index (χ2v) is 3.16. The van der Waals surface area contributed by atoms with Gasteiger partial charge in [0.15, 0.2) is 0 Å². The van der Waals surface area contributed by atoms with Crippen LogP contribution in [0.15, 0.2) is 29.3 Å². The zero-order valence-electron chi connectivity index (χ0n) is 8.19. The highest BCUT2D eigenvalue weighted by atomic mass is 16.1. The summed E-state index contributed by atoms with van der Waals surface area (Å²) in [6, 6.07) is 3.51. The first-order chi connectivity index (χ1) is 7.18. The molecule has 0 aromatic carbocycles. The van der Waals surface area contributed by atoms with Gasteiger partial charge < -0.3 is 10.7 Å². The van der Waals surface area contributed by atoms with Crippen molar-refractivity contribution in [1.82, 2.24) is 15.0 Å². The number of aromatic amines is 1. The van der Waals surface area contributed by atoms with E-state index in [4.69, 9.17) is 5.73 Å². The molecule has 76 valence electrons. The third kappa shape index (κ3) is 1.71. The summed E-state index contributed by atoms with van der Waals surface area (Å²) in [5.74, 6) is 0.719. The third-order valence-corrected chi connectivity index (χ3v) is 2.14. The standard InChI is InChI=1S/C10H10N4O/c1-6-8(11)13-9(14-10(6)15)7-2-4-12-5-3-7/h2-5H,1H3,(H3,11,13,14,15). The van der Waals surface area contributed by atoms with Crippen molar-refractivity contribution in [3.63, 3.8) is 0 Å². The van der Waals surface area contributed by atoms with E-state index in [9.17, 15) is 4.79 Å². The van der Waals surface area contributed by atoms with Gasteiger partial charge in [0, 0.05) is 18.0 Å². The van der Waals surface area contributed by atoms with Crippen LogP contribution in [0.3, 0.4) is 0 Å². The van der Waals surface area contributed by atoms with Crippen molar-refractivity contribution in [2.75, 3.05) is 5.73 Å². The number of nitrogens with one attached hydrogen (secondary N) is 1. The minimum Gasteiger partial charge on any atom is -0.383 e. The lowest BCUT2D eigenvalue weighted by Crippen LogP contribution is -2.15. The van der Waals surface area contributed by atoms with E-state index in [1.54, 1.807) is 31.5 Å². The smallest absolute Gasteiger partial charge is 0.256 e. The first kappa shape index (κ1) is 9.39. The van der Waals surface area contributed by atoms with Crippen LogP contribution < -0.4 is 11.3 Å². The summed E-state index contributed by atoms with van der Waals surface area (Å²) in [5.41, 5.74) is 6.62. The molecule has 0 saturated heterocycles. The number of H-pyrrole nitrogens is 1. The SMILES string of the molecule is Cc1c(N)nc(-c2ccncc2)[nH]c1=O. The van der Waals surface area contributed by atoms with Crippen LogP contribution in [0, 0.1) is 6.92 Å². The molecular weight excluding hydrogens is 192 g/mol. The molecule has 0 spiro atoms. The van der Waals surface area contributed by atoms with Gasteiger partial charge in [-0.3, -0.25) is 9.78 Å². The molecule has 0 radical (unpaired) electrons. The molecule has 0 aliphatic heterocycles. The van der Waals surface area contributed by atoms with Gasteiger partial charge in [0.05, 0.1) is 5.56 Å². The van der Waals surface area contributed by atoms with Gasteiger partial charge in [0.2, 0.25) is 0 Å². The van der Waals surface area contributed by atoms with Crippen LogP contribution in [0.4, 0.5) is 5.82 Å². The van der Waals surface area contributed by atoms with Crippen molar-refractivity contribution in [2.45, 2.75) is 6.92 Å². The molecule has 0 atom stereocenters. The number of hydrogen-bond donors (Lipinski definition) is 2. The number of nitrogen functional groups attached to an aromatic ring is 1. The molecule has 0 bridgehead atoms. The summed E-state index contributed by atoms with van der Waals surface area (Å²) in [6.07, 6.45) is 3.26. The minimum absolute atomic E-state index is 0.214. The minimum atomic E-state index is -0.214. The van der Waals surface area contributed by atoms with Crippen molar-refractivity contribution >= 4 is 5.82 Å². The zero-order chi connectivity index (χ0) is 10.8.